The van der Waals surface area contributed by atoms with E-state index in [9.17, 15) is 13.2 Å². The fraction of sp³-hybridized carbons (Fsp3) is 0.278. The maximum Gasteiger partial charge on any atom is 0.248 e. The monoisotopic (exact) mass is 344 g/mol. The van der Waals surface area contributed by atoms with Crippen LogP contribution in [0.25, 0.3) is 0 Å². The van der Waals surface area contributed by atoms with Crippen molar-refractivity contribution in [3.8, 4) is 0 Å². The van der Waals surface area contributed by atoms with Gasteiger partial charge in [-0.25, -0.2) is 13.1 Å². The molecule has 5 nitrogen and oxygen atoms in total. The van der Waals surface area contributed by atoms with Crippen molar-refractivity contribution in [1.29, 1.82) is 0 Å². The minimum atomic E-state index is -3.67. The second kappa shape index (κ2) is 6.37. The Morgan fingerprint density at radius 1 is 1.08 bits per heavy atom. The van der Waals surface area contributed by atoms with E-state index in [0.717, 1.165) is 24.0 Å². The number of nitrogens with one attached hydrogen (secondary N) is 1. The smallest absolute Gasteiger partial charge is 0.248 e. The summed E-state index contributed by atoms with van der Waals surface area (Å²) in [4.78, 5) is 11.2. The van der Waals surface area contributed by atoms with E-state index in [0.29, 0.717) is 5.92 Å². The molecule has 6 heteroatoms. The number of aryl methyl sites for hydroxylation is 1. The van der Waals surface area contributed by atoms with Gasteiger partial charge in [0.05, 0.1) is 4.90 Å². The van der Waals surface area contributed by atoms with E-state index in [1.54, 1.807) is 0 Å². The summed E-state index contributed by atoms with van der Waals surface area (Å²) in [5.74, 6) is -0.255. The Morgan fingerprint density at radius 2 is 1.67 bits per heavy atom. The molecule has 2 aromatic rings. The molecule has 2 aromatic carbocycles. The molecule has 0 heterocycles. The number of rotatable bonds is 6. The number of carbonyl (C=O) groups excluding carboxylic acids is 1. The van der Waals surface area contributed by atoms with Gasteiger partial charge in [-0.15, -0.1) is 0 Å². The molecule has 0 unspecified atom stereocenters. The highest BCUT2D eigenvalue weighted by atomic mass is 32.2. The Labute approximate surface area is 141 Å². The van der Waals surface area contributed by atoms with Crippen LogP contribution in [0.5, 0.6) is 0 Å². The van der Waals surface area contributed by atoms with Gasteiger partial charge >= 0.3 is 0 Å². The summed E-state index contributed by atoms with van der Waals surface area (Å²) in [7, 11) is -3.67. The molecule has 1 saturated carbocycles. The van der Waals surface area contributed by atoms with Crippen LogP contribution >= 0.6 is 0 Å². The summed E-state index contributed by atoms with van der Waals surface area (Å²) in [6.07, 6.45) is 2.03. The predicted molar refractivity (Wildman–Crippen MR) is 91.9 cm³/mol. The molecule has 3 N–H and O–H groups in total. The molecular weight excluding hydrogens is 324 g/mol. The van der Waals surface area contributed by atoms with Gasteiger partial charge < -0.3 is 5.73 Å². The number of sulfonamides is 1. The number of hydrogen-bond acceptors (Lipinski definition) is 3. The third kappa shape index (κ3) is 3.66. The van der Waals surface area contributed by atoms with Crippen molar-refractivity contribution >= 4 is 15.9 Å². The average Bonchev–Trinajstić information content (AvgIpc) is 3.38. The molecule has 0 spiro atoms. The van der Waals surface area contributed by atoms with E-state index < -0.39 is 15.9 Å². The number of carbonyl (C=O) groups is 1. The zero-order valence-electron chi connectivity index (χ0n) is 13.4. The number of benzene rings is 2. The molecule has 0 saturated heterocycles. The lowest BCUT2D eigenvalue weighted by atomic mass is 10.0. The van der Waals surface area contributed by atoms with E-state index in [2.05, 4.69) is 4.72 Å². The summed E-state index contributed by atoms with van der Waals surface area (Å²) in [5.41, 5.74) is 7.58. The zero-order chi connectivity index (χ0) is 17.3. The summed E-state index contributed by atoms with van der Waals surface area (Å²) in [5, 5.41) is 0. The lowest BCUT2D eigenvalue weighted by molar-refractivity contribution is 0.1000. The largest absolute Gasteiger partial charge is 0.366 e. The first-order valence-electron chi connectivity index (χ1n) is 7.85. The highest BCUT2D eigenvalue weighted by molar-refractivity contribution is 7.89. The van der Waals surface area contributed by atoms with Gasteiger partial charge in [0, 0.05) is 11.6 Å². The number of primary amides is 1. The second-order valence-corrected chi connectivity index (χ2v) is 7.95. The lowest BCUT2D eigenvalue weighted by Crippen LogP contribution is -2.30. The standard InChI is InChI=1S/C18H20N2O3S/c1-12-2-4-13(5-3-12)17(14-6-7-14)20-24(22,23)16-10-8-15(9-11-16)18(19)21/h2-5,8-11,14,17,20H,6-7H2,1H3,(H2,19,21)/t17-/m1/s1. The fourth-order valence-corrected chi connectivity index (χ4v) is 3.97. The van der Waals surface area contributed by atoms with Crippen molar-refractivity contribution in [3.63, 3.8) is 0 Å². The maximum atomic E-state index is 12.7. The van der Waals surface area contributed by atoms with Crippen LogP contribution in [-0.4, -0.2) is 14.3 Å². The van der Waals surface area contributed by atoms with Crippen LogP contribution in [0.1, 0.15) is 40.4 Å². The Bertz CT molecular complexity index is 839. The zero-order valence-corrected chi connectivity index (χ0v) is 14.2. The van der Waals surface area contributed by atoms with Crippen molar-refractivity contribution in [1.82, 2.24) is 4.72 Å². The minimum Gasteiger partial charge on any atom is -0.366 e. The molecule has 1 aliphatic carbocycles. The van der Waals surface area contributed by atoms with Crippen molar-refractivity contribution in [2.24, 2.45) is 11.7 Å². The van der Waals surface area contributed by atoms with Gasteiger partial charge in [-0.05, 0) is 55.5 Å². The van der Waals surface area contributed by atoms with Crippen molar-refractivity contribution < 1.29 is 13.2 Å². The maximum absolute atomic E-state index is 12.7. The minimum absolute atomic E-state index is 0.130. The SMILES string of the molecule is Cc1ccc([C@@H](NS(=O)(=O)c2ccc(C(N)=O)cc2)C2CC2)cc1. The van der Waals surface area contributed by atoms with Crippen LogP contribution in [-0.2, 0) is 10.0 Å². The van der Waals surface area contributed by atoms with E-state index in [4.69, 9.17) is 5.73 Å². The molecule has 0 bridgehead atoms. The highest BCUT2D eigenvalue weighted by Gasteiger charge is 2.35. The van der Waals surface area contributed by atoms with Crippen molar-refractivity contribution in [2.75, 3.05) is 0 Å². The fourth-order valence-electron chi connectivity index (χ4n) is 2.67. The first kappa shape index (κ1) is 16.7. The molecule has 0 aromatic heterocycles. The van der Waals surface area contributed by atoms with Gasteiger partial charge in [0.25, 0.3) is 0 Å². The Kier molecular flexibility index (Phi) is 4.43. The molecule has 1 atom stereocenters. The van der Waals surface area contributed by atoms with Crippen LogP contribution in [0.15, 0.2) is 53.4 Å². The Balaban J connectivity index is 1.85. The summed E-state index contributed by atoms with van der Waals surface area (Å²) < 4.78 is 28.1. The predicted octanol–water partition coefficient (Wildman–Crippen LogP) is 2.52. The summed E-state index contributed by atoms with van der Waals surface area (Å²) >= 11 is 0. The molecule has 0 aliphatic heterocycles. The normalized spacial score (nSPS) is 15.9. The number of hydrogen-bond donors (Lipinski definition) is 2. The van der Waals surface area contributed by atoms with Crippen molar-refractivity contribution in [2.45, 2.75) is 30.7 Å². The summed E-state index contributed by atoms with van der Waals surface area (Å²) in [6, 6.07) is 13.3. The molecule has 3 rings (SSSR count). The average molecular weight is 344 g/mol. The third-order valence-corrected chi connectivity index (χ3v) is 5.72. The van der Waals surface area contributed by atoms with Crippen molar-refractivity contribution in [3.05, 3.63) is 65.2 Å². The van der Waals surface area contributed by atoms with Crippen LogP contribution in [0.3, 0.4) is 0 Å². The van der Waals surface area contributed by atoms with Gasteiger partial charge in [-0.1, -0.05) is 29.8 Å². The van der Waals surface area contributed by atoms with E-state index in [1.807, 2.05) is 31.2 Å². The van der Waals surface area contributed by atoms with Gasteiger partial charge in [0.1, 0.15) is 0 Å². The Hall–Kier alpha value is -2.18. The van der Waals surface area contributed by atoms with Crippen LogP contribution in [0, 0.1) is 12.8 Å². The highest BCUT2D eigenvalue weighted by Crippen LogP contribution is 2.41. The molecule has 24 heavy (non-hydrogen) atoms. The lowest BCUT2D eigenvalue weighted by Gasteiger charge is -2.19. The van der Waals surface area contributed by atoms with E-state index >= 15 is 0 Å². The van der Waals surface area contributed by atoms with E-state index in [-0.39, 0.29) is 16.5 Å². The Morgan fingerprint density at radius 3 is 2.17 bits per heavy atom. The molecule has 126 valence electrons. The van der Waals surface area contributed by atoms with Crippen LogP contribution in [0.4, 0.5) is 0 Å². The number of nitrogens with two attached hydrogens (primary N) is 1. The number of amides is 1. The molecule has 1 amide bonds. The topological polar surface area (TPSA) is 89.3 Å². The quantitative estimate of drug-likeness (QED) is 0.844. The third-order valence-electron chi connectivity index (χ3n) is 4.26. The molecule has 1 fully saturated rings. The molecule has 1 aliphatic rings. The first-order chi connectivity index (χ1) is 11.4. The molecular formula is C18H20N2O3S. The summed E-state index contributed by atoms with van der Waals surface area (Å²) in [6.45, 7) is 2.00. The van der Waals surface area contributed by atoms with Crippen LogP contribution < -0.4 is 10.5 Å². The molecule has 0 radical (unpaired) electrons. The first-order valence-corrected chi connectivity index (χ1v) is 9.34. The van der Waals surface area contributed by atoms with Crippen LogP contribution in [0.2, 0.25) is 0 Å². The van der Waals surface area contributed by atoms with Gasteiger partial charge in [-0.2, -0.15) is 0 Å². The van der Waals surface area contributed by atoms with E-state index in [1.165, 1.54) is 24.3 Å². The second-order valence-electron chi connectivity index (χ2n) is 6.24. The van der Waals surface area contributed by atoms with Gasteiger partial charge in [-0.3, -0.25) is 4.79 Å². The van der Waals surface area contributed by atoms with Gasteiger partial charge in [0.15, 0.2) is 0 Å². The van der Waals surface area contributed by atoms with Gasteiger partial charge in [0.2, 0.25) is 15.9 Å².